The van der Waals surface area contributed by atoms with E-state index < -0.39 is 14.9 Å². The van der Waals surface area contributed by atoms with Crippen molar-refractivity contribution in [2.24, 2.45) is 0 Å². The van der Waals surface area contributed by atoms with Crippen molar-refractivity contribution in [2.75, 3.05) is 0 Å². The molecule has 1 N–H and O–H groups in total. The molecule has 0 aliphatic rings. The molecule has 1 unspecified atom stereocenters. The molecule has 0 amide bonds. The van der Waals surface area contributed by atoms with Crippen LogP contribution in [0.2, 0.25) is 0 Å². The van der Waals surface area contributed by atoms with Gasteiger partial charge in [0.25, 0.3) is 10.1 Å². The molecule has 0 aromatic heterocycles. The third kappa shape index (κ3) is 5.30. The Hall–Kier alpha value is -0.0900. The first-order chi connectivity index (χ1) is 7.37. The molecule has 0 heterocycles. The monoisotopic (exact) mass is 250 g/mol. The Kier molecular flexibility index (Phi) is 7.24. The Labute approximate surface area is 100 Å². The molecule has 98 valence electrons. The first-order valence-corrected chi connectivity index (χ1v) is 7.78. The van der Waals surface area contributed by atoms with E-state index in [1.165, 1.54) is 0 Å². The number of rotatable bonds is 9. The Bertz CT molecular complexity index is 272. The van der Waals surface area contributed by atoms with Crippen LogP contribution in [0.15, 0.2) is 0 Å². The highest BCUT2D eigenvalue weighted by Crippen LogP contribution is 2.29. The summed E-state index contributed by atoms with van der Waals surface area (Å²) >= 11 is 0. The first kappa shape index (κ1) is 15.9. The van der Waals surface area contributed by atoms with E-state index in [0.29, 0.717) is 12.8 Å². The van der Waals surface area contributed by atoms with E-state index >= 15 is 0 Å². The molecule has 16 heavy (non-hydrogen) atoms. The van der Waals surface area contributed by atoms with E-state index in [1.54, 1.807) is 6.92 Å². The standard InChI is InChI=1S/C12H26O3S/c1-4-6-8-9-11-12(3,10-7-5-2)16(13,14)15/h4-11H2,1-3H3,(H,13,14,15). The highest BCUT2D eigenvalue weighted by Gasteiger charge is 2.36. The summed E-state index contributed by atoms with van der Waals surface area (Å²) in [4.78, 5) is 0. The van der Waals surface area contributed by atoms with Gasteiger partial charge in [0, 0.05) is 0 Å². The zero-order valence-electron chi connectivity index (χ0n) is 10.8. The van der Waals surface area contributed by atoms with Crippen LogP contribution >= 0.6 is 0 Å². The smallest absolute Gasteiger partial charge is 0.270 e. The molecule has 0 bridgehead atoms. The highest BCUT2D eigenvalue weighted by molar-refractivity contribution is 7.87. The maximum atomic E-state index is 11.4. The summed E-state index contributed by atoms with van der Waals surface area (Å²) in [6.45, 7) is 5.82. The highest BCUT2D eigenvalue weighted by atomic mass is 32.2. The average molecular weight is 250 g/mol. The van der Waals surface area contributed by atoms with Crippen LogP contribution in [0.5, 0.6) is 0 Å². The summed E-state index contributed by atoms with van der Waals surface area (Å²) in [6, 6.07) is 0. The second-order valence-corrected chi connectivity index (χ2v) is 6.77. The average Bonchev–Trinajstić information content (AvgIpc) is 2.20. The third-order valence-corrected chi connectivity index (χ3v) is 4.89. The van der Waals surface area contributed by atoms with E-state index in [4.69, 9.17) is 0 Å². The zero-order chi connectivity index (χ0) is 12.7. The molecule has 0 saturated carbocycles. The molecule has 0 fully saturated rings. The van der Waals surface area contributed by atoms with E-state index in [1.807, 2.05) is 6.92 Å². The lowest BCUT2D eigenvalue weighted by Gasteiger charge is -2.26. The van der Waals surface area contributed by atoms with Crippen LogP contribution in [-0.4, -0.2) is 17.7 Å². The van der Waals surface area contributed by atoms with Gasteiger partial charge in [-0.05, 0) is 19.8 Å². The van der Waals surface area contributed by atoms with Crippen molar-refractivity contribution >= 4 is 10.1 Å². The van der Waals surface area contributed by atoms with E-state index in [2.05, 4.69) is 6.92 Å². The minimum atomic E-state index is -3.92. The molecule has 0 aromatic carbocycles. The summed E-state index contributed by atoms with van der Waals surface area (Å²) in [7, 11) is -3.92. The summed E-state index contributed by atoms with van der Waals surface area (Å²) in [5.74, 6) is 0. The van der Waals surface area contributed by atoms with E-state index in [0.717, 1.165) is 38.5 Å². The van der Waals surface area contributed by atoms with Gasteiger partial charge < -0.3 is 0 Å². The fourth-order valence-electron chi connectivity index (χ4n) is 1.86. The van der Waals surface area contributed by atoms with Crippen LogP contribution in [-0.2, 0) is 10.1 Å². The fourth-order valence-corrected chi connectivity index (χ4v) is 2.66. The maximum absolute atomic E-state index is 11.4. The molecule has 0 rings (SSSR count). The van der Waals surface area contributed by atoms with Crippen molar-refractivity contribution in [1.82, 2.24) is 0 Å². The lowest BCUT2D eigenvalue weighted by atomic mass is 9.96. The van der Waals surface area contributed by atoms with Gasteiger partial charge in [-0.1, -0.05) is 52.4 Å². The molecule has 3 nitrogen and oxygen atoms in total. The Balaban J connectivity index is 4.32. The quantitative estimate of drug-likeness (QED) is 0.500. The van der Waals surface area contributed by atoms with Gasteiger partial charge in [0.05, 0.1) is 4.75 Å². The van der Waals surface area contributed by atoms with Gasteiger partial charge >= 0.3 is 0 Å². The summed E-state index contributed by atoms with van der Waals surface area (Å²) in [5, 5.41) is 0. The van der Waals surface area contributed by atoms with Crippen LogP contribution in [0.4, 0.5) is 0 Å². The summed E-state index contributed by atoms with van der Waals surface area (Å²) in [5.41, 5.74) is 0. The third-order valence-electron chi connectivity index (χ3n) is 3.24. The second kappa shape index (κ2) is 7.28. The SMILES string of the molecule is CCCCCCC(C)(CCCC)S(=O)(=O)O. The van der Waals surface area contributed by atoms with Crippen LogP contribution < -0.4 is 0 Å². The molecule has 0 aliphatic carbocycles. The zero-order valence-corrected chi connectivity index (χ0v) is 11.6. The molecule has 0 spiro atoms. The minimum Gasteiger partial charge on any atom is -0.285 e. The Morgan fingerprint density at radius 1 is 0.938 bits per heavy atom. The minimum absolute atomic E-state index is 0.564. The summed E-state index contributed by atoms with van der Waals surface area (Å²) in [6.07, 6.45) is 7.15. The Morgan fingerprint density at radius 3 is 1.88 bits per heavy atom. The van der Waals surface area contributed by atoms with Gasteiger partial charge in [-0.2, -0.15) is 8.42 Å². The van der Waals surface area contributed by atoms with Gasteiger partial charge in [0.1, 0.15) is 0 Å². The van der Waals surface area contributed by atoms with Crippen LogP contribution in [0.25, 0.3) is 0 Å². The number of unbranched alkanes of at least 4 members (excludes halogenated alkanes) is 4. The molecular formula is C12H26O3S. The van der Waals surface area contributed by atoms with Crippen LogP contribution in [0, 0.1) is 0 Å². The maximum Gasteiger partial charge on any atom is 0.270 e. The van der Waals surface area contributed by atoms with E-state index in [9.17, 15) is 13.0 Å². The van der Waals surface area contributed by atoms with Crippen molar-refractivity contribution in [3.63, 3.8) is 0 Å². The predicted molar refractivity (Wildman–Crippen MR) is 68.2 cm³/mol. The van der Waals surface area contributed by atoms with Crippen molar-refractivity contribution in [3.05, 3.63) is 0 Å². The molecular weight excluding hydrogens is 224 g/mol. The number of hydrogen-bond donors (Lipinski definition) is 1. The molecule has 0 aliphatic heterocycles. The van der Waals surface area contributed by atoms with Gasteiger partial charge in [0.15, 0.2) is 0 Å². The lowest BCUT2D eigenvalue weighted by molar-refractivity contribution is 0.389. The first-order valence-electron chi connectivity index (χ1n) is 6.34. The van der Waals surface area contributed by atoms with Gasteiger partial charge in [-0.3, -0.25) is 4.55 Å². The Morgan fingerprint density at radius 2 is 1.44 bits per heavy atom. The molecule has 1 atom stereocenters. The topological polar surface area (TPSA) is 54.4 Å². The predicted octanol–water partition coefficient (Wildman–Crippen LogP) is 3.79. The number of hydrogen-bond acceptors (Lipinski definition) is 2. The molecule has 0 aromatic rings. The van der Waals surface area contributed by atoms with Crippen molar-refractivity contribution in [3.8, 4) is 0 Å². The van der Waals surface area contributed by atoms with Gasteiger partial charge in [-0.15, -0.1) is 0 Å². The van der Waals surface area contributed by atoms with Crippen molar-refractivity contribution in [1.29, 1.82) is 0 Å². The molecule has 0 saturated heterocycles. The van der Waals surface area contributed by atoms with Gasteiger partial charge in [0.2, 0.25) is 0 Å². The lowest BCUT2D eigenvalue weighted by Crippen LogP contribution is -2.34. The van der Waals surface area contributed by atoms with Crippen LogP contribution in [0.3, 0.4) is 0 Å². The van der Waals surface area contributed by atoms with Crippen LogP contribution in [0.1, 0.15) is 72.1 Å². The fraction of sp³-hybridized carbons (Fsp3) is 1.00. The second-order valence-electron chi connectivity index (χ2n) is 4.84. The van der Waals surface area contributed by atoms with E-state index in [-0.39, 0.29) is 0 Å². The largest absolute Gasteiger partial charge is 0.285 e. The molecule has 4 heteroatoms. The normalized spacial score (nSPS) is 16.0. The molecule has 0 radical (unpaired) electrons. The van der Waals surface area contributed by atoms with Crippen molar-refractivity contribution < 1.29 is 13.0 Å². The van der Waals surface area contributed by atoms with Crippen molar-refractivity contribution in [2.45, 2.75) is 76.9 Å². The van der Waals surface area contributed by atoms with Gasteiger partial charge in [-0.25, -0.2) is 0 Å². The summed E-state index contributed by atoms with van der Waals surface area (Å²) < 4.78 is 31.1.